The van der Waals surface area contributed by atoms with E-state index in [2.05, 4.69) is 34.6 Å². The summed E-state index contributed by atoms with van der Waals surface area (Å²) in [5, 5.41) is 0. The highest BCUT2D eigenvalue weighted by molar-refractivity contribution is 5.76. The molecule has 5 heteroatoms. The Morgan fingerprint density at radius 1 is 1.19 bits per heavy atom. The van der Waals surface area contributed by atoms with Crippen LogP contribution in [-0.4, -0.2) is 30.4 Å². The Morgan fingerprint density at radius 3 is 2.52 bits per heavy atom. The summed E-state index contributed by atoms with van der Waals surface area (Å²) in [7, 11) is 0. The minimum absolute atomic E-state index is 0.0361. The second kappa shape index (κ2) is 7.06. The topological polar surface area (TPSA) is 61.8 Å². The van der Waals surface area contributed by atoms with Crippen LogP contribution in [0.2, 0.25) is 0 Å². The molecule has 0 aromatic heterocycles. The van der Waals surface area contributed by atoms with Crippen LogP contribution in [0.15, 0.2) is 0 Å². The van der Waals surface area contributed by atoms with Crippen molar-refractivity contribution in [1.29, 1.82) is 0 Å². The molecule has 154 valence electrons. The predicted octanol–water partition coefficient (Wildman–Crippen LogP) is 4.48. The zero-order valence-electron chi connectivity index (χ0n) is 17.8. The SMILES string of the molecule is CC(C)C(C)(CC(C)(C)C)C(=O)OCOC12CC3CC(C1)OC(=O)C(C3)C2. The average molecular weight is 381 g/mol. The summed E-state index contributed by atoms with van der Waals surface area (Å²) in [4.78, 5) is 25.1. The van der Waals surface area contributed by atoms with Gasteiger partial charge in [0.2, 0.25) is 0 Å². The van der Waals surface area contributed by atoms with Gasteiger partial charge < -0.3 is 14.2 Å². The fourth-order valence-electron chi connectivity index (χ4n) is 5.54. The van der Waals surface area contributed by atoms with Crippen molar-refractivity contribution in [1.82, 2.24) is 0 Å². The molecule has 2 aliphatic heterocycles. The summed E-state index contributed by atoms with van der Waals surface area (Å²) in [6.45, 7) is 12.5. The van der Waals surface area contributed by atoms with Gasteiger partial charge in [-0.1, -0.05) is 34.6 Å². The fraction of sp³-hybridized carbons (Fsp3) is 0.909. The second-order valence-corrected chi connectivity index (χ2v) is 10.9. The summed E-state index contributed by atoms with van der Waals surface area (Å²) in [6.07, 6.45) is 4.95. The lowest BCUT2D eigenvalue weighted by molar-refractivity contribution is -0.202. The van der Waals surface area contributed by atoms with Crippen molar-refractivity contribution in [3.8, 4) is 0 Å². The Kier molecular flexibility index (Phi) is 5.39. The number of esters is 2. The number of carbonyl (C=O) groups excluding carboxylic acids is 2. The Hall–Kier alpha value is -1.10. The smallest absolute Gasteiger partial charge is 0.314 e. The largest absolute Gasteiger partial charge is 0.462 e. The van der Waals surface area contributed by atoms with E-state index in [4.69, 9.17) is 14.2 Å². The molecule has 0 radical (unpaired) electrons. The highest BCUT2D eigenvalue weighted by Gasteiger charge is 2.53. The third kappa shape index (κ3) is 4.33. The molecule has 0 amide bonds. The maximum absolute atomic E-state index is 12.9. The molecule has 4 fully saturated rings. The van der Waals surface area contributed by atoms with Gasteiger partial charge in [0.25, 0.3) is 0 Å². The van der Waals surface area contributed by atoms with Crippen molar-refractivity contribution in [2.45, 2.75) is 91.8 Å². The first-order valence-electron chi connectivity index (χ1n) is 10.4. The summed E-state index contributed by atoms with van der Waals surface area (Å²) in [6, 6.07) is 0. The van der Waals surface area contributed by atoms with Crippen LogP contribution in [-0.2, 0) is 23.8 Å². The van der Waals surface area contributed by atoms with Gasteiger partial charge in [-0.2, -0.15) is 0 Å². The predicted molar refractivity (Wildman–Crippen MR) is 102 cm³/mol. The molecule has 4 bridgehead atoms. The van der Waals surface area contributed by atoms with Crippen LogP contribution in [0.1, 0.15) is 80.1 Å². The Bertz CT molecular complexity index is 592. The summed E-state index contributed by atoms with van der Waals surface area (Å²) < 4.78 is 17.4. The number of rotatable bonds is 6. The van der Waals surface area contributed by atoms with Crippen LogP contribution in [0, 0.1) is 28.6 Å². The molecule has 2 aliphatic carbocycles. The van der Waals surface area contributed by atoms with Gasteiger partial charge in [0, 0.05) is 6.42 Å². The van der Waals surface area contributed by atoms with Gasteiger partial charge in [-0.15, -0.1) is 0 Å². The van der Waals surface area contributed by atoms with E-state index >= 15 is 0 Å². The van der Waals surface area contributed by atoms with E-state index in [9.17, 15) is 9.59 Å². The molecule has 5 unspecified atom stereocenters. The molecular weight excluding hydrogens is 344 g/mol. The fourth-order valence-corrected chi connectivity index (χ4v) is 5.54. The zero-order valence-corrected chi connectivity index (χ0v) is 17.8. The Morgan fingerprint density at radius 2 is 1.89 bits per heavy atom. The Labute approximate surface area is 163 Å². The van der Waals surface area contributed by atoms with Crippen LogP contribution in [0.5, 0.6) is 0 Å². The maximum atomic E-state index is 12.9. The molecule has 27 heavy (non-hydrogen) atoms. The third-order valence-corrected chi connectivity index (χ3v) is 6.90. The summed E-state index contributed by atoms with van der Waals surface area (Å²) >= 11 is 0. The monoisotopic (exact) mass is 380 g/mol. The highest BCUT2D eigenvalue weighted by Crippen LogP contribution is 2.51. The first-order valence-corrected chi connectivity index (χ1v) is 10.4. The molecule has 5 atom stereocenters. The molecule has 2 saturated heterocycles. The number of hydrogen-bond donors (Lipinski definition) is 0. The van der Waals surface area contributed by atoms with Gasteiger partial charge in [-0.3, -0.25) is 9.59 Å². The molecule has 0 spiro atoms. The van der Waals surface area contributed by atoms with Crippen molar-refractivity contribution < 1.29 is 23.8 Å². The van der Waals surface area contributed by atoms with Gasteiger partial charge in [-0.05, 0) is 56.3 Å². The first kappa shape index (κ1) is 20.6. The summed E-state index contributed by atoms with van der Waals surface area (Å²) in [5.74, 6) is 0.336. The van der Waals surface area contributed by atoms with Crippen molar-refractivity contribution in [2.24, 2.45) is 28.6 Å². The quantitative estimate of drug-likeness (QED) is 0.502. The molecule has 4 rings (SSSR count). The maximum Gasteiger partial charge on any atom is 0.314 e. The average Bonchev–Trinajstić information content (AvgIpc) is 2.67. The van der Waals surface area contributed by atoms with Gasteiger partial charge in [0.05, 0.1) is 16.9 Å². The van der Waals surface area contributed by atoms with Crippen molar-refractivity contribution >= 4 is 11.9 Å². The minimum Gasteiger partial charge on any atom is -0.462 e. The Balaban J connectivity index is 1.62. The van der Waals surface area contributed by atoms with E-state index in [1.54, 1.807) is 0 Å². The van der Waals surface area contributed by atoms with Crippen molar-refractivity contribution in [2.75, 3.05) is 6.79 Å². The number of carbonyl (C=O) groups is 2. The first-order chi connectivity index (χ1) is 12.4. The van der Waals surface area contributed by atoms with Gasteiger partial charge in [0.15, 0.2) is 6.79 Å². The van der Waals surface area contributed by atoms with E-state index in [0.29, 0.717) is 12.3 Å². The van der Waals surface area contributed by atoms with Crippen LogP contribution in [0.4, 0.5) is 0 Å². The van der Waals surface area contributed by atoms with Gasteiger partial charge in [-0.25, -0.2) is 0 Å². The molecule has 0 N–H and O–H groups in total. The van der Waals surface area contributed by atoms with Crippen LogP contribution >= 0.6 is 0 Å². The second-order valence-electron chi connectivity index (χ2n) is 10.9. The number of hydrogen-bond acceptors (Lipinski definition) is 5. The molecule has 5 nitrogen and oxygen atoms in total. The van der Waals surface area contributed by atoms with Gasteiger partial charge >= 0.3 is 11.9 Å². The van der Waals surface area contributed by atoms with E-state index in [1.807, 2.05) is 6.92 Å². The van der Waals surface area contributed by atoms with E-state index in [-0.39, 0.29) is 47.7 Å². The summed E-state index contributed by atoms with van der Waals surface area (Å²) in [5.41, 5.74) is -0.880. The third-order valence-electron chi connectivity index (χ3n) is 6.90. The van der Waals surface area contributed by atoms with Crippen LogP contribution in [0.25, 0.3) is 0 Å². The standard InChI is InChI=1S/C22H36O5/c1-14(2)21(6,12-20(3,4)5)19(24)25-13-26-22-9-15-7-16(10-22)18(23)27-17(8-15)11-22/h14-17H,7-13H2,1-6H3. The number of ether oxygens (including phenoxy) is 3. The lowest BCUT2D eigenvalue weighted by Gasteiger charge is -2.45. The zero-order chi connectivity index (χ0) is 20.0. The molecule has 4 aliphatic rings. The van der Waals surface area contributed by atoms with Crippen molar-refractivity contribution in [3.05, 3.63) is 0 Å². The van der Waals surface area contributed by atoms with E-state index < -0.39 is 5.41 Å². The highest BCUT2D eigenvalue weighted by atomic mass is 16.7. The molecule has 0 aromatic rings. The lowest BCUT2D eigenvalue weighted by atomic mass is 9.65. The van der Waals surface area contributed by atoms with E-state index in [0.717, 1.165) is 32.1 Å². The molecule has 2 heterocycles. The van der Waals surface area contributed by atoms with Gasteiger partial charge in [0.1, 0.15) is 6.10 Å². The van der Waals surface area contributed by atoms with Crippen molar-refractivity contribution in [3.63, 3.8) is 0 Å². The molecule has 0 aromatic carbocycles. The van der Waals surface area contributed by atoms with Crippen LogP contribution in [0.3, 0.4) is 0 Å². The number of fused-ring (bicyclic) bond motifs is 1. The van der Waals surface area contributed by atoms with Crippen LogP contribution < -0.4 is 0 Å². The molecule has 2 saturated carbocycles. The lowest BCUT2D eigenvalue weighted by Crippen LogP contribution is -2.48. The molecular formula is C22H36O5. The van der Waals surface area contributed by atoms with E-state index in [1.165, 1.54) is 0 Å². The minimum atomic E-state index is -0.543. The normalized spacial score (nSPS) is 34.9.